The fraction of sp³-hybridized carbons (Fsp3) is 0.235. The quantitative estimate of drug-likeness (QED) is 0.156. The zero-order chi connectivity index (χ0) is 30.4. The van der Waals surface area contributed by atoms with Gasteiger partial charge in [0.2, 0.25) is 0 Å². The highest BCUT2D eigenvalue weighted by Gasteiger charge is 2.50. The zero-order valence-electron chi connectivity index (χ0n) is 24.2. The molecule has 4 rings (SSSR count). The van der Waals surface area contributed by atoms with Gasteiger partial charge in [0.1, 0.15) is 0 Å². The van der Waals surface area contributed by atoms with Gasteiger partial charge in [-0.3, -0.25) is 21.4 Å². The van der Waals surface area contributed by atoms with Gasteiger partial charge in [-0.1, -0.05) is 72.8 Å². The molecule has 0 spiro atoms. The van der Waals surface area contributed by atoms with Crippen molar-refractivity contribution in [1.29, 1.82) is 0 Å². The molecule has 2 aromatic heterocycles. The second kappa shape index (κ2) is 12.1. The van der Waals surface area contributed by atoms with Gasteiger partial charge in [0, 0.05) is 35.7 Å². The van der Waals surface area contributed by atoms with E-state index >= 15 is 0 Å². The number of hydrogen-bond acceptors (Lipinski definition) is 8. The van der Waals surface area contributed by atoms with Gasteiger partial charge in [-0.25, -0.2) is 9.59 Å². The van der Waals surface area contributed by atoms with Crippen LogP contribution in [0.5, 0.6) is 0 Å². The molecule has 8 nitrogen and oxygen atoms in total. The lowest BCUT2D eigenvalue weighted by Gasteiger charge is -2.43. The van der Waals surface area contributed by atoms with E-state index in [2.05, 4.69) is 9.97 Å². The van der Waals surface area contributed by atoms with E-state index < -0.39 is 34.2 Å². The van der Waals surface area contributed by atoms with Crippen LogP contribution in [0, 0.1) is 0 Å². The van der Waals surface area contributed by atoms with Crippen LogP contribution in [0.2, 0.25) is 0 Å². The fourth-order valence-electron chi connectivity index (χ4n) is 4.83. The van der Waals surface area contributed by atoms with Crippen molar-refractivity contribution in [3.05, 3.63) is 144 Å². The van der Waals surface area contributed by atoms with Crippen molar-refractivity contribution in [3.8, 4) is 0 Å². The molecule has 42 heavy (non-hydrogen) atoms. The van der Waals surface area contributed by atoms with Crippen molar-refractivity contribution >= 4 is 11.9 Å². The minimum absolute atomic E-state index is 0.562. The normalized spacial score (nSPS) is 14.9. The summed E-state index contributed by atoms with van der Waals surface area (Å²) >= 11 is 0. The van der Waals surface area contributed by atoms with Crippen LogP contribution < -0.4 is 11.5 Å². The molecule has 2 heterocycles. The van der Waals surface area contributed by atoms with Crippen molar-refractivity contribution < 1.29 is 19.1 Å². The Hall–Kier alpha value is -4.66. The van der Waals surface area contributed by atoms with Gasteiger partial charge in [-0.05, 0) is 52.0 Å². The lowest BCUT2D eigenvalue weighted by atomic mass is 9.74. The Morgan fingerprint density at radius 3 is 1.21 bits per heavy atom. The molecule has 0 aliphatic heterocycles. The summed E-state index contributed by atoms with van der Waals surface area (Å²) in [7, 11) is 0. The largest absolute Gasteiger partial charge is 0.436 e. The smallest absolute Gasteiger partial charge is 0.333 e. The second-order valence-electron chi connectivity index (χ2n) is 11.1. The zero-order valence-corrected chi connectivity index (χ0v) is 24.2. The average Bonchev–Trinajstić information content (AvgIpc) is 3.01. The SMILES string of the molecule is CC(C)(c1ccccn1)[C@@](N)(OC(=O)/C=C/C(=O)O[C@@](N)(c1ccccc1)C(C)(C)c1ccccn1)c1ccccc1. The highest BCUT2D eigenvalue weighted by atomic mass is 16.6. The van der Waals surface area contributed by atoms with Crippen LogP contribution in [-0.2, 0) is 41.3 Å². The Kier molecular flexibility index (Phi) is 8.70. The minimum Gasteiger partial charge on any atom is -0.436 e. The van der Waals surface area contributed by atoms with Crippen LogP contribution in [0.1, 0.15) is 50.2 Å². The van der Waals surface area contributed by atoms with E-state index in [4.69, 9.17) is 20.9 Å². The molecule has 216 valence electrons. The van der Waals surface area contributed by atoms with Crippen molar-refractivity contribution in [2.24, 2.45) is 11.5 Å². The summed E-state index contributed by atoms with van der Waals surface area (Å²) in [5, 5.41) is 0. The lowest BCUT2D eigenvalue weighted by molar-refractivity contribution is -0.166. The summed E-state index contributed by atoms with van der Waals surface area (Å²) in [6.45, 7) is 7.37. The number of ether oxygens (including phenoxy) is 2. The Labute approximate surface area is 246 Å². The predicted molar refractivity (Wildman–Crippen MR) is 160 cm³/mol. The van der Waals surface area contributed by atoms with E-state index in [9.17, 15) is 9.59 Å². The van der Waals surface area contributed by atoms with Gasteiger partial charge < -0.3 is 9.47 Å². The van der Waals surface area contributed by atoms with E-state index in [0.29, 0.717) is 22.5 Å². The molecule has 4 N–H and O–H groups in total. The Morgan fingerprint density at radius 2 is 0.905 bits per heavy atom. The maximum Gasteiger partial charge on any atom is 0.333 e. The molecule has 0 aliphatic rings. The summed E-state index contributed by atoms with van der Waals surface area (Å²) in [5.74, 6) is -1.68. The highest BCUT2D eigenvalue weighted by Crippen LogP contribution is 2.42. The van der Waals surface area contributed by atoms with E-state index in [1.807, 2.05) is 64.1 Å². The number of rotatable bonds is 10. The molecule has 0 saturated heterocycles. The van der Waals surface area contributed by atoms with Gasteiger partial charge in [-0.15, -0.1) is 0 Å². The summed E-state index contributed by atoms with van der Waals surface area (Å²) in [6.07, 6.45) is 5.28. The topological polar surface area (TPSA) is 130 Å². The minimum atomic E-state index is -1.63. The number of aromatic nitrogens is 2. The third-order valence-electron chi connectivity index (χ3n) is 7.75. The monoisotopic (exact) mass is 564 g/mol. The first-order valence-corrected chi connectivity index (χ1v) is 13.6. The fourth-order valence-corrected chi connectivity index (χ4v) is 4.83. The number of nitrogens with zero attached hydrogens (tertiary/aromatic N) is 2. The Bertz CT molecular complexity index is 1410. The van der Waals surface area contributed by atoms with Crippen molar-refractivity contribution in [2.45, 2.75) is 50.0 Å². The van der Waals surface area contributed by atoms with Crippen molar-refractivity contribution in [3.63, 3.8) is 0 Å². The van der Waals surface area contributed by atoms with Crippen LogP contribution >= 0.6 is 0 Å². The first kappa shape index (κ1) is 30.3. The van der Waals surface area contributed by atoms with Crippen LogP contribution in [0.15, 0.2) is 122 Å². The molecule has 0 unspecified atom stereocenters. The first-order chi connectivity index (χ1) is 19.9. The molecular formula is C34H36N4O4. The molecule has 0 bridgehead atoms. The molecule has 4 aromatic rings. The van der Waals surface area contributed by atoms with Crippen molar-refractivity contribution in [1.82, 2.24) is 9.97 Å². The molecule has 0 aliphatic carbocycles. The molecule has 2 aromatic carbocycles. The maximum atomic E-state index is 13.2. The van der Waals surface area contributed by atoms with Crippen LogP contribution in [-0.4, -0.2) is 21.9 Å². The van der Waals surface area contributed by atoms with Crippen molar-refractivity contribution in [2.75, 3.05) is 0 Å². The number of hydrogen-bond donors (Lipinski definition) is 2. The molecule has 0 fully saturated rings. The number of pyridine rings is 2. The van der Waals surface area contributed by atoms with E-state index in [1.165, 1.54) is 0 Å². The summed E-state index contributed by atoms with van der Waals surface area (Å²) in [4.78, 5) is 35.3. The molecule has 0 radical (unpaired) electrons. The van der Waals surface area contributed by atoms with E-state index in [0.717, 1.165) is 12.2 Å². The summed E-state index contributed by atoms with van der Waals surface area (Å²) in [5.41, 5.74) is 11.0. The maximum absolute atomic E-state index is 13.2. The summed E-state index contributed by atoms with van der Waals surface area (Å²) < 4.78 is 11.8. The van der Waals surface area contributed by atoms with Gasteiger partial charge in [-0.2, -0.15) is 0 Å². The second-order valence-corrected chi connectivity index (χ2v) is 11.1. The number of benzene rings is 2. The molecule has 8 heteroatoms. The van der Waals surface area contributed by atoms with Gasteiger partial charge in [0.15, 0.2) is 11.4 Å². The van der Waals surface area contributed by atoms with E-state index in [1.54, 1.807) is 73.1 Å². The highest BCUT2D eigenvalue weighted by molar-refractivity contribution is 5.92. The predicted octanol–water partition coefficient (Wildman–Crippen LogP) is 5.00. The van der Waals surface area contributed by atoms with Gasteiger partial charge in [0.05, 0.1) is 22.2 Å². The number of nitrogens with two attached hydrogens (primary N) is 2. The average molecular weight is 565 g/mol. The molecule has 0 amide bonds. The number of carbonyl (C=O) groups excluding carboxylic acids is 2. The molecule has 2 atom stereocenters. The van der Waals surface area contributed by atoms with Gasteiger partial charge >= 0.3 is 11.9 Å². The van der Waals surface area contributed by atoms with E-state index in [-0.39, 0.29) is 0 Å². The Balaban J connectivity index is 1.62. The van der Waals surface area contributed by atoms with Crippen LogP contribution in [0.3, 0.4) is 0 Å². The number of carbonyl (C=O) groups is 2. The third kappa shape index (κ3) is 5.86. The van der Waals surface area contributed by atoms with Crippen LogP contribution in [0.25, 0.3) is 0 Å². The standard InChI is InChI=1S/C34H36N4O4/c1-31(2,27-19-11-13-23-37-27)33(35,25-15-7-5-8-16-25)41-29(39)21-22-30(40)42-34(36,26-17-9-6-10-18-26)32(3,4)28-20-12-14-24-38-28/h5-24H,35-36H2,1-4H3/b22-21+/t33-,34-/m0/s1. The molecule has 0 saturated carbocycles. The number of esters is 2. The van der Waals surface area contributed by atoms with Gasteiger partial charge in [0.25, 0.3) is 0 Å². The Morgan fingerprint density at radius 1 is 0.571 bits per heavy atom. The van der Waals surface area contributed by atoms with Crippen LogP contribution in [0.4, 0.5) is 0 Å². The lowest BCUT2D eigenvalue weighted by Crippen LogP contribution is -2.56. The first-order valence-electron chi connectivity index (χ1n) is 13.6. The third-order valence-corrected chi connectivity index (χ3v) is 7.75. The summed E-state index contributed by atoms with van der Waals surface area (Å²) in [6, 6.07) is 28.9. The molecular weight excluding hydrogens is 528 g/mol.